The molecule has 196 valence electrons. The minimum Gasteiger partial charge on any atom is -0.379 e. The van der Waals surface area contributed by atoms with Gasteiger partial charge in [0, 0.05) is 44.1 Å². The topological polar surface area (TPSA) is 131 Å². The number of rotatable bonds is 7. The number of morpholine rings is 1. The van der Waals surface area contributed by atoms with Crippen molar-refractivity contribution >= 4 is 40.8 Å². The molecule has 0 bridgehead atoms. The van der Waals surface area contributed by atoms with Crippen molar-refractivity contribution in [1.29, 1.82) is 0 Å². The molecular weight excluding hydrogens is 484 g/mol. The molecule has 0 aliphatic carbocycles. The Hall–Kier alpha value is -4.48. The van der Waals surface area contributed by atoms with Gasteiger partial charge in [-0.15, -0.1) is 9.78 Å². The first kappa shape index (κ1) is 25.2. The van der Waals surface area contributed by atoms with E-state index in [-0.39, 0.29) is 17.8 Å². The Morgan fingerprint density at radius 3 is 2.47 bits per heavy atom. The molecule has 0 radical (unpaired) electrons. The van der Waals surface area contributed by atoms with Crippen LogP contribution in [0.5, 0.6) is 0 Å². The van der Waals surface area contributed by atoms with Gasteiger partial charge in [-0.25, -0.2) is 4.79 Å². The summed E-state index contributed by atoms with van der Waals surface area (Å²) in [5.74, 6) is 0.0922. The van der Waals surface area contributed by atoms with Crippen LogP contribution in [-0.2, 0) is 16.1 Å². The number of nitrogens with zero attached hydrogens (tertiary/aromatic N) is 5. The van der Waals surface area contributed by atoms with Gasteiger partial charge in [0.05, 0.1) is 13.2 Å². The van der Waals surface area contributed by atoms with Crippen LogP contribution in [0.3, 0.4) is 0 Å². The quantitative estimate of drug-likeness (QED) is 0.410. The van der Waals surface area contributed by atoms with E-state index in [1.54, 1.807) is 17.0 Å². The van der Waals surface area contributed by atoms with Gasteiger partial charge in [-0.2, -0.15) is 4.98 Å². The van der Waals surface area contributed by atoms with Gasteiger partial charge in [0.2, 0.25) is 17.8 Å². The van der Waals surface area contributed by atoms with Crippen LogP contribution in [0.15, 0.2) is 67.3 Å². The summed E-state index contributed by atoms with van der Waals surface area (Å²) in [6.45, 7) is 8.89. The maximum Gasteiger partial charge on any atom is 0.349 e. The van der Waals surface area contributed by atoms with E-state index in [0.717, 1.165) is 54.4 Å². The molecule has 1 aromatic heterocycles. The summed E-state index contributed by atoms with van der Waals surface area (Å²) in [6.07, 6.45) is 3.33. The summed E-state index contributed by atoms with van der Waals surface area (Å²) >= 11 is 0. The Bertz CT molecular complexity index is 1340. The van der Waals surface area contributed by atoms with Crippen molar-refractivity contribution in [2.75, 3.05) is 55.8 Å². The highest BCUT2D eigenvalue weighted by Gasteiger charge is 2.19. The molecule has 1 fully saturated rings. The van der Waals surface area contributed by atoms with E-state index in [9.17, 15) is 9.59 Å². The van der Waals surface area contributed by atoms with E-state index in [1.165, 1.54) is 11.6 Å². The van der Waals surface area contributed by atoms with Gasteiger partial charge in [-0.05, 0) is 47.0 Å². The predicted octanol–water partition coefficient (Wildman–Crippen LogP) is 2.93. The predicted molar refractivity (Wildman–Crippen MR) is 146 cm³/mol. The van der Waals surface area contributed by atoms with Crippen molar-refractivity contribution in [3.05, 3.63) is 78.4 Å². The molecule has 0 saturated carbocycles. The molecule has 11 heteroatoms. The molecular formula is C27H30N8O3. The molecule has 0 spiro atoms. The fourth-order valence-electron chi connectivity index (χ4n) is 4.37. The van der Waals surface area contributed by atoms with Crippen molar-refractivity contribution in [3.63, 3.8) is 0 Å². The fraction of sp³-hybridized carbons (Fsp3) is 0.259. The number of benzene rings is 2. The molecule has 3 aromatic rings. The van der Waals surface area contributed by atoms with Crippen molar-refractivity contribution in [2.24, 2.45) is 0 Å². The normalized spacial score (nSPS) is 15.7. The molecule has 3 heterocycles. The van der Waals surface area contributed by atoms with E-state index in [4.69, 9.17) is 10.5 Å². The molecule has 2 aliphatic heterocycles. The number of nitrogens with two attached hydrogens (primary N) is 1. The second kappa shape index (κ2) is 11.3. The van der Waals surface area contributed by atoms with Gasteiger partial charge in [0.25, 0.3) is 0 Å². The minimum atomic E-state index is -0.528. The van der Waals surface area contributed by atoms with Crippen LogP contribution in [0.25, 0.3) is 5.57 Å². The van der Waals surface area contributed by atoms with Gasteiger partial charge >= 0.3 is 6.03 Å². The summed E-state index contributed by atoms with van der Waals surface area (Å²) in [6, 6.07) is 14.8. The Balaban J connectivity index is 1.17. The van der Waals surface area contributed by atoms with E-state index in [0.29, 0.717) is 18.8 Å². The zero-order valence-corrected chi connectivity index (χ0v) is 21.0. The maximum atomic E-state index is 12.8. The van der Waals surface area contributed by atoms with Gasteiger partial charge in [0.1, 0.15) is 0 Å². The summed E-state index contributed by atoms with van der Waals surface area (Å²) in [5, 5.41) is 10.1. The third-order valence-electron chi connectivity index (χ3n) is 6.46. The van der Waals surface area contributed by atoms with Crippen molar-refractivity contribution in [1.82, 2.24) is 24.6 Å². The monoisotopic (exact) mass is 514 g/mol. The molecule has 1 saturated heterocycles. The smallest absolute Gasteiger partial charge is 0.349 e. The Kier molecular flexibility index (Phi) is 7.47. The molecule has 2 aromatic carbocycles. The van der Waals surface area contributed by atoms with Gasteiger partial charge < -0.3 is 26.0 Å². The second-order valence-electron chi connectivity index (χ2n) is 9.08. The van der Waals surface area contributed by atoms with Crippen molar-refractivity contribution in [3.8, 4) is 0 Å². The number of anilines is 4. The second-order valence-corrected chi connectivity index (χ2v) is 9.08. The van der Waals surface area contributed by atoms with Gasteiger partial charge in [0.15, 0.2) is 0 Å². The SMILES string of the molecule is C=CC(=O)N1CC=C(c2ccc(NC(=O)n3nc(Nc4ccc(CN5CCOCC5)cc4)nc3N)cc2)C1. The zero-order valence-electron chi connectivity index (χ0n) is 21.0. The number of hydrogen-bond acceptors (Lipinski definition) is 8. The van der Waals surface area contributed by atoms with E-state index in [1.807, 2.05) is 42.5 Å². The first-order valence-electron chi connectivity index (χ1n) is 12.4. The van der Waals surface area contributed by atoms with Crippen LogP contribution in [0.4, 0.5) is 28.1 Å². The van der Waals surface area contributed by atoms with Gasteiger partial charge in [-0.3, -0.25) is 9.69 Å². The average Bonchev–Trinajstić information content (AvgIpc) is 3.57. The van der Waals surface area contributed by atoms with E-state index in [2.05, 4.69) is 32.2 Å². The number of aromatic nitrogens is 3. The van der Waals surface area contributed by atoms with Crippen molar-refractivity contribution < 1.29 is 14.3 Å². The number of amides is 2. The van der Waals surface area contributed by atoms with Crippen LogP contribution in [0.2, 0.25) is 0 Å². The Morgan fingerprint density at radius 2 is 1.76 bits per heavy atom. The summed E-state index contributed by atoms with van der Waals surface area (Å²) in [4.78, 5) is 32.8. The molecule has 0 atom stereocenters. The van der Waals surface area contributed by atoms with Crippen LogP contribution in [0, 0.1) is 0 Å². The van der Waals surface area contributed by atoms with Crippen LogP contribution < -0.4 is 16.4 Å². The highest BCUT2D eigenvalue weighted by Crippen LogP contribution is 2.23. The number of nitrogen functional groups attached to an aromatic ring is 1. The minimum absolute atomic E-state index is 0.0337. The molecule has 11 nitrogen and oxygen atoms in total. The first-order chi connectivity index (χ1) is 18.5. The largest absolute Gasteiger partial charge is 0.379 e. The van der Waals surface area contributed by atoms with Crippen LogP contribution in [-0.4, -0.2) is 75.9 Å². The Labute approximate surface area is 220 Å². The molecule has 2 aliphatic rings. The number of carbonyl (C=O) groups excluding carboxylic acids is 2. The number of hydrogen-bond donors (Lipinski definition) is 3. The Morgan fingerprint density at radius 1 is 1.05 bits per heavy atom. The molecule has 38 heavy (non-hydrogen) atoms. The lowest BCUT2D eigenvalue weighted by Crippen LogP contribution is -2.35. The maximum absolute atomic E-state index is 12.8. The molecule has 2 amide bonds. The standard InChI is InChI=1S/C27H30N8O3/c1-2-24(36)34-12-11-21(18-34)20-5-9-23(10-6-20)30-27(37)35-25(28)31-26(32-35)29-22-7-3-19(4-8-22)17-33-13-15-38-16-14-33/h2-11H,1,12-18H2,(H,30,37)(H3,28,29,31,32). The third-order valence-corrected chi connectivity index (χ3v) is 6.46. The lowest BCUT2D eigenvalue weighted by atomic mass is 10.1. The summed E-state index contributed by atoms with van der Waals surface area (Å²) in [5.41, 5.74) is 10.6. The first-order valence-corrected chi connectivity index (χ1v) is 12.4. The lowest BCUT2D eigenvalue weighted by Gasteiger charge is -2.26. The van der Waals surface area contributed by atoms with Crippen LogP contribution >= 0.6 is 0 Å². The summed E-state index contributed by atoms with van der Waals surface area (Å²) in [7, 11) is 0. The van der Waals surface area contributed by atoms with E-state index >= 15 is 0 Å². The molecule has 0 unspecified atom stereocenters. The van der Waals surface area contributed by atoms with Crippen LogP contribution in [0.1, 0.15) is 11.1 Å². The molecule has 4 N–H and O–H groups in total. The van der Waals surface area contributed by atoms with Crippen molar-refractivity contribution in [2.45, 2.75) is 6.54 Å². The highest BCUT2D eigenvalue weighted by atomic mass is 16.5. The molecule has 5 rings (SSSR count). The van der Waals surface area contributed by atoms with E-state index < -0.39 is 6.03 Å². The number of ether oxygens (including phenoxy) is 1. The summed E-state index contributed by atoms with van der Waals surface area (Å²) < 4.78 is 6.41. The number of carbonyl (C=O) groups is 2. The lowest BCUT2D eigenvalue weighted by molar-refractivity contribution is -0.124. The average molecular weight is 515 g/mol. The zero-order chi connectivity index (χ0) is 26.5. The fourth-order valence-corrected chi connectivity index (χ4v) is 4.37. The van der Waals surface area contributed by atoms with Gasteiger partial charge in [-0.1, -0.05) is 36.9 Å². The third kappa shape index (κ3) is 5.90. The number of nitrogens with one attached hydrogen (secondary N) is 2. The highest BCUT2D eigenvalue weighted by molar-refractivity contribution is 5.93.